The van der Waals surface area contributed by atoms with Crippen LogP contribution in [0.15, 0.2) is 35.4 Å². The van der Waals surface area contributed by atoms with E-state index in [1.165, 1.54) is 39.3 Å². The van der Waals surface area contributed by atoms with E-state index in [2.05, 4.69) is 5.32 Å². The number of sulfonamides is 1. The third-order valence-corrected chi connectivity index (χ3v) is 6.01. The molecule has 0 aliphatic rings. The highest BCUT2D eigenvalue weighted by atomic mass is 32.2. The lowest BCUT2D eigenvalue weighted by Crippen LogP contribution is -2.30. The molecule has 0 fully saturated rings. The van der Waals surface area contributed by atoms with Gasteiger partial charge in [0.25, 0.3) is 5.91 Å². The summed E-state index contributed by atoms with van der Waals surface area (Å²) in [5, 5.41) is 2.68. The number of rotatable bonds is 6. The summed E-state index contributed by atoms with van der Waals surface area (Å²) in [5.41, 5.74) is 1.26. The van der Waals surface area contributed by atoms with Gasteiger partial charge in [-0.1, -0.05) is 13.8 Å². The van der Waals surface area contributed by atoms with Crippen LogP contribution in [0.5, 0.6) is 0 Å². The normalized spacial score (nSPS) is 11.8. The molecule has 0 aliphatic carbocycles. The number of amides is 1. The van der Waals surface area contributed by atoms with Gasteiger partial charge in [0.1, 0.15) is 16.4 Å². The van der Waals surface area contributed by atoms with Crippen LogP contribution in [0.1, 0.15) is 29.9 Å². The molecular weight excluding hydrogens is 345 g/mol. The number of carbonyl (C=O) groups excluding carboxylic acids is 1. The summed E-state index contributed by atoms with van der Waals surface area (Å²) in [7, 11) is -2.04. The van der Waals surface area contributed by atoms with Gasteiger partial charge in [-0.3, -0.25) is 4.79 Å². The molecule has 0 unspecified atom stereocenters. The van der Waals surface area contributed by atoms with Gasteiger partial charge in [-0.15, -0.1) is 0 Å². The second kappa shape index (κ2) is 7.37. The summed E-state index contributed by atoms with van der Waals surface area (Å²) in [6.45, 7) is 5.90. The summed E-state index contributed by atoms with van der Waals surface area (Å²) >= 11 is 0. The molecule has 0 aliphatic heterocycles. The molecule has 1 N–H and O–H groups in total. The summed E-state index contributed by atoms with van der Waals surface area (Å²) in [5.74, 6) is -0.847. The molecule has 6 nitrogen and oxygen atoms in total. The standard InChI is InChI=1S/C17H22FN3O3S/c1-5-21(6-2)25(23,24)14-10-16(20(4)11-14)17(22)19-15-8-7-13(18)9-12(15)3/h7-11H,5-6H2,1-4H3,(H,19,22). The molecule has 136 valence electrons. The monoisotopic (exact) mass is 367 g/mol. The van der Waals surface area contributed by atoms with Crippen LogP contribution in [0.3, 0.4) is 0 Å². The average Bonchev–Trinajstić information content (AvgIpc) is 2.94. The number of halogens is 1. The molecule has 1 amide bonds. The molecule has 0 bridgehead atoms. The van der Waals surface area contributed by atoms with Crippen LogP contribution in [-0.2, 0) is 17.1 Å². The van der Waals surface area contributed by atoms with E-state index in [4.69, 9.17) is 0 Å². The van der Waals surface area contributed by atoms with Gasteiger partial charge in [-0.25, -0.2) is 12.8 Å². The van der Waals surface area contributed by atoms with Crippen molar-refractivity contribution in [3.63, 3.8) is 0 Å². The summed E-state index contributed by atoms with van der Waals surface area (Å²) in [6, 6.07) is 5.39. The Kier molecular flexibility index (Phi) is 5.64. The smallest absolute Gasteiger partial charge is 0.272 e. The molecule has 1 heterocycles. The van der Waals surface area contributed by atoms with Gasteiger partial charge in [-0.2, -0.15) is 4.31 Å². The van der Waals surface area contributed by atoms with E-state index in [1.807, 2.05) is 0 Å². The van der Waals surface area contributed by atoms with Crippen molar-refractivity contribution >= 4 is 21.6 Å². The van der Waals surface area contributed by atoms with E-state index >= 15 is 0 Å². The molecule has 0 spiro atoms. The minimum atomic E-state index is -3.64. The SMILES string of the molecule is CCN(CC)S(=O)(=O)c1cc(C(=O)Nc2ccc(F)cc2C)n(C)c1. The quantitative estimate of drug-likeness (QED) is 0.853. The van der Waals surface area contributed by atoms with E-state index in [0.717, 1.165) is 0 Å². The number of nitrogens with zero attached hydrogens (tertiary/aromatic N) is 2. The fraction of sp³-hybridized carbons (Fsp3) is 0.353. The van der Waals surface area contributed by atoms with Gasteiger partial charge in [0.05, 0.1) is 0 Å². The zero-order chi connectivity index (χ0) is 18.8. The lowest BCUT2D eigenvalue weighted by atomic mass is 10.2. The van der Waals surface area contributed by atoms with Crippen LogP contribution in [0.4, 0.5) is 10.1 Å². The highest BCUT2D eigenvalue weighted by Gasteiger charge is 2.25. The molecular formula is C17H22FN3O3S. The van der Waals surface area contributed by atoms with Crippen molar-refractivity contribution in [1.82, 2.24) is 8.87 Å². The molecule has 2 aromatic rings. The Hall–Kier alpha value is -2.19. The molecule has 0 saturated heterocycles. The van der Waals surface area contributed by atoms with Crippen LogP contribution in [0.2, 0.25) is 0 Å². The first-order chi connectivity index (χ1) is 11.7. The molecule has 25 heavy (non-hydrogen) atoms. The van der Waals surface area contributed by atoms with E-state index in [0.29, 0.717) is 24.3 Å². The molecule has 0 radical (unpaired) electrons. The van der Waals surface area contributed by atoms with E-state index in [1.54, 1.807) is 27.8 Å². The topological polar surface area (TPSA) is 71.4 Å². The third kappa shape index (κ3) is 3.91. The predicted molar refractivity (Wildman–Crippen MR) is 94.6 cm³/mol. The number of carbonyl (C=O) groups is 1. The van der Waals surface area contributed by atoms with Crippen LogP contribution < -0.4 is 5.32 Å². The molecule has 1 aromatic carbocycles. The van der Waals surface area contributed by atoms with Crippen molar-refractivity contribution in [2.45, 2.75) is 25.7 Å². The lowest BCUT2D eigenvalue weighted by molar-refractivity contribution is 0.101. The number of nitrogens with one attached hydrogen (secondary N) is 1. The number of benzene rings is 1. The van der Waals surface area contributed by atoms with Crippen LogP contribution in [-0.4, -0.2) is 36.3 Å². The van der Waals surface area contributed by atoms with E-state index in [-0.39, 0.29) is 16.4 Å². The lowest BCUT2D eigenvalue weighted by Gasteiger charge is -2.17. The molecule has 2 rings (SSSR count). The van der Waals surface area contributed by atoms with Crippen LogP contribution in [0.25, 0.3) is 0 Å². The maximum atomic E-state index is 13.2. The molecule has 0 atom stereocenters. The van der Waals surface area contributed by atoms with Crippen molar-refractivity contribution in [3.8, 4) is 0 Å². The second-order valence-electron chi connectivity index (χ2n) is 5.67. The Balaban J connectivity index is 2.32. The van der Waals surface area contributed by atoms with Crippen LogP contribution in [0, 0.1) is 12.7 Å². The summed E-state index contributed by atoms with van der Waals surface area (Å²) in [6.07, 6.45) is 1.42. The third-order valence-electron chi connectivity index (χ3n) is 3.99. The fourth-order valence-corrected chi connectivity index (χ4v) is 4.10. The van der Waals surface area contributed by atoms with Crippen molar-refractivity contribution in [2.75, 3.05) is 18.4 Å². The Morgan fingerprint density at radius 1 is 1.24 bits per heavy atom. The van der Waals surface area contributed by atoms with Crippen molar-refractivity contribution in [2.24, 2.45) is 7.05 Å². The summed E-state index contributed by atoms with van der Waals surface area (Å²) in [4.78, 5) is 12.6. The predicted octanol–water partition coefficient (Wildman–Crippen LogP) is 2.76. The van der Waals surface area contributed by atoms with Gasteiger partial charge in [0, 0.05) is 32.0 Å². The zero-order valence-corrected chi connectivity index (χ0v) is 15.5. The van der Waals surface area contributed by atoms with E-state index in [9.17, 15) is 17.6 Å². The van der Waals surface area contributed by atoms with Crippen molar-refractivity contribution in [1.29, 1.82) is 0 Å². The Labute approximate surface area is 147 Å². The first-order valence-corrected chi connectivity index (χ1v) is 9.38. The maximum absolute atomic E-state index is 13.2. The zero-order valence-electron chi connectivity index (χ0n) is 14.7. The molecule has 0 saturated carbocycles. The molecule has 8 heteroatoms. The highest BCUT2D eigenvalue weighted by molar-refractivity contribution is 7.89. The Morgan fingerprint density at radius 2 is 1.88 bits per heavy atom. The second-order valence-corrected chi connectivity index (χ2v) is 7.61. The minimum absolute atomic E-state index is 0.0691. The summed E-state index contributed by atoms with van der Waals surface area (Å²) < 4.78 is 41.1. The van der Waals surface area contributed by atoms with Crippen molar-refractivity contribution < 1.29 is 17.6 Å². The Morgan fingerprint density at radius 3 is 2.44 bits per heavy atom. The largest absolute Gasteiger partial charge is 0.345 e. The number of anilines is 1. The number of aryl methyl sites for hydroxylation is 2. The maximum Gasteiger partial charge on any atom is 0.272 e. The number of hydrogen-bond donors (Lipinski definition) is 1. The van der Waals surface area contributed by atoms with Gasteiger partial charge in [0.2, 0.25) is 10.0 Å². The minimum Gasteiger partial charge on any atom is -0.345 e. The fourth-order valence-electron chi connectivity index (χ4n) is 2.57. The Bertz CT molecular complexity index is 887. The number of aromatic nitrogens is 1. The first-order valence-electron chi connectivity index (χ1n) is 7.94. The van der Waals surface area contributed by atoms with Crippen LogP contribution >= 0.6 is 0 Å². The molecule has 1 aromatic heterocycles. The van der Waals surface area contributed by atoms with Gasteiger partial charge in [-0.05, 0) is 36.8 Å². The van der Waals surface area contributed by atoms with Crippen molar-refractivity contribution in [3.05, 3.63) is 47.5 Å². The van der Waals surface area contributed by atoms with Gasteiger partial charge < -0.3 is 9.88 Å². The van der Waals surface area contributed by atoms with E-state index < -0.39 is 15.9 Å². The highest BCUT2D eigenvalue weighted by Crippen LogP contribution is 2.21. The first kappa shape index (κ1) is 19.1. The van der Waals surface area contributed by atoms with Gasteiger partial charge >= 0.3 is 0 Å². The van der Waals surface area contributed by atoms with Gasteiger partial charge in [0.15, 0.2) is 0 Å². The number of hydrogen-bond acceptors (Lipinski definition) is 3. The average molecular weight is 367 g/mol.